The zero-order chi connectivity index (χ0) is 23.0. The Morgan fingerprint density at radius 2 is 1.61 bits per heavy atom. The number of rotatable bonds is 8. The van der Waals surface area contributed by atoms with Crippen molar-refractivity contribution in [2.45, 2.75) is 58.2 Å². The lowest BCUT2D eigenvalue weighted by molar-refractivity contribution is -0.134. The minimum atomic E-state index is -0.0683. The van der Waals surface area contributed by atoms with Gasteiger partial charge in [-0.1, -0.05) is 67.3 Å². The maximum absolute atomic E-state index is 13.6. The summed E-state index contributed by atoms with van der Waals surface area (Å²) >= 11 is 0. The lowest BCUT2D eigenvalue weighted by Crippen LogP contribution is -2.48. The smallest absolute Gasteiger partial charge is 0.254 e. The van der Waals surface area contributed by atoms with Crippen molar-refractivity contribution in [1.29, 1.82) is 0 Å². The molecule has 33 heavy (non-hydrogen) atoms. The fraction of sp³-hybridized carbons (Fsp3) is 0.357. The van der Waals surface area contributed by atoms with Gasteiger partial charge in [-0.3, -0.25) is 9.59 Å². The Morgan fingerprint density at radius 1 is 0.879 bits per heavy atom. The van der Waals surface area contributed by atoms with Crippen LogP contribution in [-0.2, 0) is 17.9 Å². The van der Waals surface area contributed by atoms with Gasteiger partial charge in [-0.25, -0.2) is 0 Å². The van der Waals surface area contributed by atoms with Crippen molar-refractivity contribution < 1.29 is 14.0 Å². The van der Waals surface area contributed by atoms with Gasteiger partial charge in [0.15, 0.2) is 0 Å². The minimum Gasteiger partial charge on any atom is -0.467 e. The van der Waals surface area contributed by atoms with Gasteiger partial charge in [0.2, 0.25) is 5.91 Å². The number of carbonyl (C=O) groups is 2. The Labute approximate surface area is 196 Å². The molecule has 1 aromatic heterocycles. The summed E-state index contributed by atoms with van der Waals surface area (Å²) in [6.07, 6.45) is 6.89. The van der Waals surface area contributed by atoms with Crippen molar-refractivity contribution in [1.82, 2.24) is 9.80 Å². The highest BCUT2D eigenvalue weighted by atomic mass is 16.3. The quantitative estimate of drug-likeness (QED) is 0.455. The van der Waals surface area contributed by atoms with Gasteiger partial charge in [0, 0.05) is 18.2 Å². The fourth-order valence-corrected chi connectivity index (χ4v) is 4.49. The molecular formula is C28H32N2O3. The molecule has 2 amide bonds. The van der Waals surface area contributed by atoms with E-state index >= 15 is 0 Å². The van der Waals surface area contributed by atoms with Crippen molar-refractivity contribution in [2.24, 2.45) is 0 Å². The van der Waals surface area contributed by atoms with Crippen molar-refractivity contribution in [3.05, 3.63) is 95.4 Å². The number of furan rings is 1. The highest BCUT2D eigenvalue weighted by molar-refractivity contribution is 5.96. The highest BCUT2D eigenvalue weighted by Crippen LogP contribution is 2.25. The van der Waals surface area contributed by atoms with Gasteiger partial charge in [-0.05, 0) is 49.6 Å². The molecule has 1 aliphatic rings. The van der Waals surface area contributed by atoms with Crippen LogP contribution < -0.4 is 0 Å². The number of benzene rings is 2. The van der Waals surface area contributed by atoms with E-state index in [2.05, 4.69) is 0 Å². The second kappa shape index (κ2) is 11.0. The SMILES string of the molecule is Cc1ccc(C(=O)N(CC(=O)N(Cc2ccccc2)Cc2ccco2)C2CCCCC2)cc1. The summed E-state index contributed by atoms with van der Waals surface area (Å²) in [7, 11) is 0. The molecule has 0 N–H and O–H groups in total. The van der Waals surface area contributed by atoms with Crippen LogP contribution >= 0.6 is 0 Å². The van der Waals surface area contributed by atoms with E-state index in [1.165, 1.54) is 6.42 Å². The van der Waals surface area contributed by atoms with Crippen molar-refractivity contribution in [3.8, 4) is 0 Å². The third-order valence-corrected chi connectivity index (χ3v) is 6.38. The van der Waals surface area contributed by atoms with Crippen LogP contribution in [-0.4, -0.2) is 34.2 Å². The fourth-order valence-electron chi connectivity index (χ4n) is 4.49. The highest BCUT2D eigenvalue weighted by Gasteiger charge is 2.30. The molecule has 0 atom stereocenters. The molecule has 3 aromatic rings. The molecule has 0 aliphatic heterocycles. The summed E-state index contributed by atoms with van der Waals surface area (Å²) < 4.78 is 5.53. The largest absolute Gasteiger partial charge is 0.467 e. The van der Waals surface area contributed by atoms with Crippen LogP contribution in [0.5, 0.6) is 0 Å². The van der Waals surface area contributed by atoms with Crippen molar-refractivity contribution in [2.75, 3.05) is 6.54 Å². The lowest BCUT2D eigenvalue weighted by Gasteiger charge is -2.35. The molecule has 0 spiro atoms. The Bertz CT molecular complexity index is 1020. The van der Waals surface area contributed by atoms with E-state index in [0.29, 0.717) is 18.7 Å². The predicted octanol–water partition coefficient (Wildman–Crippen LogP) is 5.59. The number of amides is 2. The van der Waals surface area contributed by atoms with Crippen LogP contribution in [0.25, 0.3) is 0 Å². The van der Waals surface area contributed by atoms with E-state index < -0.39 is 0 Å². The van der Waals surface area contributed by atoms with Gasteiger partial charge in [0.25, 0.3) is 5.91 Å². The molecule has 1 saturated carbocycles. The summed E-state index contributed by atoms with van der Waals surface area (Å²) in [4.78, 5) is 30.7. The monoisotopic (exact) mass is 444 g/mol. The molecule has 0 bridgehead atoms. The first-order chi connectivity index (χ1) is 16.1. The number of hydrogen-bond donors (Lipinski definition) is 0. The molecule has 1 aliphatic carbocycles. The number of hydrogen-bond acceptors (Lipinski definition) is 3. The van der Waals surface area contributed by atoms with Crippen LogP contribution in [0, 0.1) is 6.92 Å². The van der Waals surface area contributed by atoms with E-state index in [1.54, 1.807) is 11.2 Å². The summed E-state index contributed by atoms with van der Waals surface area (Å²) in [5.41, 5.74) is 2.80. The average molecular weight is 445 g/mol. The lowest BCUT2D eigenvalue weighted by atomic mass is 9.93. The van der Waals surface area contributed by atoms with Gasteiger partial charge in [-0.2, -0.15) is 0 Å². The first-order valence-corrected chi connectivity index (χ1v) is 11.8. The Balaban J connectivity index is 1.56. The van der Waals surface area contributed by atoms with Crippen LogP contribution in [0.15, 0.2) is 77.4 Å². The summed E-state index contributed by atoms with van der Waals surface area (Å²) in [5, 5.41) is 0. The maximum atomic E-state index is 13.6. The zero-order valence-corrected chi connectivity index (χ0v) is 19.3. The number of carbonyl (C=O) groups excluding carboxylic acids is 2. The number of nitrogens with zero attached hydrogens (tertiary/aromatic N) is 2. The van der Waals surface area contributed by atoms with E-state index in [1.807, 2.05) is 78.6 Å². The van der Waals surface area contributed by atoms with Gasteiger partial charge in [-0.15, -0.1) is 0 Å². The van der Waals surface area contributed by atoms with Crippen LogP contribution in [0.3, 0.4) is 0 Å². The third kappa shape index (κ3) is 6.13. The normalized spacial score (nSPS) is 14.1. The van der Waals surface area contributed by atoms with E-state index in [4.69, 9.17) is 4.42 Å². The number of aryl methyl sites for hydroxylation is 1. The second-order valence-corrected chi connectivity index (χ2v) is 8.91. The van der Waals surface area contributed by atoms with Crippen LogP contribution in [0.1, 0.15) is 59.3 Å². The van der Waals surface area contributed by atoms with Crippen molar-refractivity contribution >= 4 is 11.8 Å². The molecule has 1 heterocycles. The predicted molar refractivity (Wildman–Crippen MR) is 128 cm³/mol. The van der Waals surface area contributed by atoms with Crippen molar-refractivity contribution in [3.63, 3.8) is 0 Å². The van der Waals surface area contributed by atoms with Crippen LogP contribution in [0.4, 0.5) is 0 Å². The Kier molecular flexibility index (Phi) is 7.61. The first kappa shape index (κ1) is 22.8. The molecular weight excluding hydrogens is 412 g/mol. The molecule has 0 unspecified atom stereocenters. The van der Waals surface area contributed by atoms with Gasteiger partial charge < -0.3 is 14.2 Å². The average Bonchev–Trinajstić information content (AvgIpc) is 3.36. The summed E-state index contributed by atoms with van der Waals surface area (Å²) in [6.45, 7) is 2.92. The third-order valence-electron chi connectivity index (χ3n) is 6.38. The standard InChI is InChI=1S/C28H32N2O3/c1-22-14-16-24(17-15-22)28(32)30(25-11-6-3-7-12-25)21-27(31)29(20-26-13-8-18-33-26)19-23-9-4-2-5-10-23/h2,4-5,8-10,13-18,25H,3,6-7,11-12,19-21H2,1H3. The molecule has 172 valence electrons. The molecule has 1 fully saturated rings. The summed E-state index contributed by atoms with van der Waals surface area (Å²) in [5.74, 6) is 0.600. The molecule has 2 aromatic carbocycles. The van der Waals surface area contributed by atoms with Crippen LogP contribution in [0.2, 0.25) is 0 Å². The zero-order valence-electron chi connectivity index (χ0n) is 19.3. The minimum absolute atomic E-state index is 0.0621. The van der Waals surface area contributed by atoms with Gasteiger partial charge >= 0.3 is 0 Å². The summed E-state index contributed by atoms with van der Waals surface area (Å²) in [6, 6.07) is 21.4. The Hall–Kier alpha value is -3.34. The van der Waals surface area contributed by atoms with Gasteiger partial charge in [0.05, 0.1) is 12.8 Å². The molecule has 0 saturated heterocycles. The second-order valence-electron chi connectivity index (χ2n) is 8.91. The van der Waals surface area contributed by atoms with E-state index in [-0.39, 0.29) is 24.4 Å². The topological polar surface area (TPSA) is 53.8 Å². The molecule has 4 rings (SSSR count). The van der Waals surface area contributed by atoms with E-state index in [0.717, 1.165) is 42.6 Å². The Morgan fingerprint density at radius 3 is 2.27 bits per heavy atom. The molecule has 5 nitrogen and oxygen atoms in total. The maximum Gasteiger partial charge on any atom is 0.254 e. The molecule has 0 radical (unpaired) electrons. The van der Waals surface area contributed by atoms with Gasteiger partial charge in [0.1, 0.15) is 12.3 Å². The molecule has 5 heteroatoms. The van der Waals surface area contributed by atoms with E-state index in [9.17, 15) is 9.59 Å². The first-order valence-electron chi connectivity index (χ1n) is 11.8.